The Labute approximate surface area is 99.4 Å². The molecule has 0 amide bonds. The molecule has 1 saturated heterocycles. The number of nitrogens with zero attached hydrogens (tertiary/aromatic N) is 1. The number of anilines is 1. The molecule has 1 atom stereocenters. The molecule has 1 aliphatic rings. The van der Waals surface area contributed by atoms with E-state index in [0.717, 1.165) is 25.1 Å². The van der Waals surface area contributed by atoms with Crippen molar-refractivity contribution in [2.24, 2.45) is 5.73 Å². The second-order valence-electron chi connectivity index (χ2n) is 4.32. The van der Waals surface area contributed by atoms with E-state index in [1.54, 1.807) is 6.07 Å². The molecule has 0 radical (unpaired) electrons. The van der Waals surface area contributed by atoms with Crippen molar-refractivity contribution in [2.45, 2.75) is 18.9 Å². The summed E-state index contributed by atoms with van der Waals surface area (Å²) in [6, 6.07) is 4.23. The molecule has 1 aliphatic heterocycles. The third-order valence-corrected chi connectivity index (χ3v) is 2.99. The maximum Gasteiger partial charge on any atom is 0.125 e. The number of aliphatic hydroxyl groups excluding tert-OH is 1. The van der Waals surface area contributed by atoms with Crippen molar-refractivity contribution in [1.29, 1.82) is 5.41 Å². The molecule has 4 N–H and O–H groups in total. The van der Waals surface area contributed by atoms with Gasteiger partial charge in [-0.2, -0.15) is 0 Å². The molecule has 1 unspecified atom stereocenters. The molecule has 1 aromatic rings. The first kappa shape index (κ1) is 11.9. The molecular weight excluding hydrogens is 221 g/mol. The first-order valence-electron chi connectivity index (χ1n) is 5.65. The summed E-state index contributed by atoms with van der Waals surface area (Å²) in [6.07, 6.45) is 1.30. The van der Waals surface area contributed by atoms with E-state index in [0.29, 0.717) is 12.1 Å². The lowest BCUT2D eigenvalue weighted by atomic mass is 10.0. The van der Waals surface area contributed by atoms with Gasteiger partial charge in [-0.15, -0.1) is 0 Å². The number of piperidine rings is 1. The first-order valence-corrected chi connectivity index (χ1v) is 5.65. The van der Waals surface area contributed by atoms with Crippen LogP contribution in [0.3, 0.4) is 0 Å². The largest absolute Gasteiger partial charge is 0.391 e. The summed E-state index contributed by atoms with van der Waals surface area (Å²) in [5, 5.41) is 17.1. The highest BCUT2D eigenvalue weighted by molar-refractivity contribution is 6.00. The van der Waals surface area contributed by atoms with E-state index in [9.17, 15) is 9.50 Å². The maximum atomic E-state index is 13.1. The molecular formula is C12H16FN3O. The van der Waals surface area contributed by atoms with E-state index in [1.807, 2.05) is 4.90 Å². The quantitative estimate of drug-likeness (QED) is 0.532. The number of hydrogen-bond donors (Lipinski definition) is 3. The zero-order chi connectivity index (χ0) is 12.4. The molecule has 92 valence electrons. The Bertz CT molecular complexity index is 436. The summed E-state index contributed by atoms with van der Waals surface area (Å²) in [7, 11) is 0. The summed E-state index contributed by atoms with van der Waals surface area (Å²) in [5.41, 5.74) is 6.56. The molecule has 1 heterocycles. The van der Waals surface area contributed by atoms with Crippen LogP contribution in [0.25, 0.3) is 0 Å². The van der Waals surface area contributed by atoms with Gasteiger partial charge in [-0.1, -0.05) is 0 Å². The highest BCUT2D eigenvalue weighted by Crippen LogP contribution is 2.24. The lowest BCUT2D eigenvalue weighted by Crippen LogP contribution is -2.39. The van der Waals surface area contributed by atoms with Gasteiger partial charge in [-0.05, 0) is 31.0 Å². The van der Waals surface area contributed by atoms with Gasteiger partial charge in [0.15, 0.2) is 0 Å². The number of halogens is 1. The predicted molar refractivity (Wildman–Crippen MR) is 64.9 cm³/mol. The summed E-state index contributed by atoms with van der Waals surface area (Å²) >= 11 is 0. The van der Waals surface area contributed by atoms with Crippen LogP contribution in [0.15, 0.2) is 18.2 Å². The molecule has 2 rings (SSSR count). The summed E-state index contributed by atoms with van der Waals surface area (Å²) < 4.78 is 13.1. The van der Waals surface area contributed by atoms with Crippen LogP contribution in [0.4, 0.5) is 10.1 Å². The van der Waals surface area contributed by atoms with Gasteiger partial charge in [0.2, 0.25) is 0 Å². The molecule has 0 aliphatic carbocycles. The van der Waals surface area contributed by atoms with E-state index in [-0.39, 0.29) is 11.9 Å². The van der Waals surface area contributed by atoms with Crippen LogP contribution in [0.1, 0.15) is 18.4 Å². The van der Waals surface area contributed by atoms with Gasteiger partial charge < -0.3 is 15.7 Å². The zero-order valence-electron chi connectivity index (χ0n) is 9.49. The fraction of sp³-hybridized carbons (Fsp3) is 0.417. The van der Waals surface area contributed by atoms with Crippen molar-refractivity contribution in [3.05, 3.63) is 29.6 Å². The van der Waals surface area contributed by atoms with Crippen molar-refractivity contribution >= 4 is 11.5 Å². The van der Waals surface area contributed by atoms with Gasteiger partial charge in [0.25, 0.3) is 0 Å². The minimum atomic E-state index is -0.406. The fourth-order valence-corrected chi connectivity index (χ4v) is 2.17. The SMILES string of the molecule is N=C(N)c1cc(F)ccc1N1CCCC(O)C1. The number of aliphatic hydroxyl groups is 1. The number of nitrogens with one attached hydrogen (secondary N) is 1. The smallest absolute Gasteiger partial charge is 0.125 e. The zero-order valence-corrected chi connectivity index (χ0v) is 9.49. The molecule has 4 nitrogen and oxygen atoms in total. The van der Waals surface area contributed by atoms with Crippen molar-refractivity contribution in [3.8, 4) is 0 Å². The Morgan fingerprint density at radius 1 is 1.53 bits per heavy atom. The highest BCUT2D eigenvalue weighted by Gasteiger charge is 2.21. The van der Waals surface area contributed by atoms with Gasteiger partial charge in [0.1, 0.15) is 11.7 Å². The molecule has 0 spiro atoms. The topological polar surface area (TPSA) is 73.3 Å². The number of hydrogen-bond acceptors (Lipinski definition) is 3. The van der Waals surface area contributed by atoms with Gasteiger partial charge in [0.05, 0.1) is 6.10 Å². The minimum Gasteiger partial charge on any atom is -0.391 e. The Morgan fingerprint density at radius 3 is 2.94 bits per heavy atom. The Balaban J connectivity index is 2.33. The summed E-state index contributed by atoms with van der Waals surface area (Å²) in [4.78, 5) is 1.95. The third kappa shape index (κ3) is 2.55. The van der Waals surface area contributed by atoms with Crippen LogP contribution >= 0.6 is 0 Å². The molecule has 0 bridgehead atoms. The van der Waals surface area contributed by atoms with E-state index in [2.05, 4.69) is 0 Å². The van der Waals surface area contributed by atoms with Crippen LogP contribution in [0, 0.1) is 11.2 Å². The van der Waals surface area contributed by atoms with E-state index in [1.165, 1.54) is 12.1 Å². The summed E-state index contributed by atoms with van der Waals surface area (Å²) in [5.74, 6) is -0.559. The predicted octanol–water partition coefficient (Wildman–Crippen LogP) is 1.07. The molecule has 0 aromatic heterocycles. The fourth-order valence-electron chi connectivity index (χ4n) is 2.17. The molecule has 1 fully saturated rings. The summed E-state index contributed by atoms with van der Waals surface area (Å²) in [6.45, 7) is 1.30. The monoisotopic (exact) mass is 237 g/mol. The van der Waals surface area contributed by atoms with Gasteiger partial charge in [-0.3, -0.25) is 5.41 Å². The molecule has 0 saturated carbocycles. The van der Waals surface area contributed by atoms with Gasteiger partial charge in [-0.25, -0.2) is 4.39 Å². The molecule has 5 heteroatoms. The number of benzene rings is 1. The maximum absolute atomic E-state index is 13.1. The number of nitrogens with two attached hydrogens (primary N) is 1. The lowest BCUT2D eigenvalue weighted by Gasteiger charge is -2.33. The van der Waals surface area contributed by atoms with Crippen LogP contribution in [-0.2, 0) is 0 Å². The van der Waals surface area contributed by atoms with Crippen molar-refractivity contribution in [1.82, 2.24) is 0 Å². The third-order valence-electron chi connectivity index (χ3n) is 2.99. The Hall–Kier alpha value is -1.62. The van der Waals surface area contributed by atoms with Crippen LogP contribution < -0.4 is 10.6 Å². The first-order chi connectivity index (χ1) is 8.08. The van der Waals surface area contributed by atoms with E-state index >= 15 is 0 Å². The number of nitrogen functional groups attached to an aromatic ring is 1. The van der Waals surface area contributed by atoms with E-state index in [4.69, 9.17) is 11.1 Å². The Kier molecular flexibility index (Phi) is 3.28. The standard InChI is InChI=1S/C12H16FN3O/c13-8-3-4-11(10(6-8)12(14)15)16-5-1-2-9(17)7-16/h3-4,6,9,17H,1-2,5,7H2,(H3,14,15). The molecule has 17 heavy (non-hydrogen) atoms. The van der Waals surface area contributed by atoms with Crippen molar-refractivity contribution in [3.63, 3.8) is 0 Å². The average molecular weight is 237 g/mol. The number of β-amino-alcohol motifs (C(OH)–C–C–N with tert-alkyl or cyclic N) is 1. The van der Waals surface area contributed by atoms with Crippen LogP contribution in [0.5, 0.6) is 0 Å². The minimum absolute atomic E-state index is 0.153. The van der Waals surface area contributed by atoms with Crippen LogP contribution in [0.2, 0.25) is 0 Å². The van der Waals surface area contributed by atoms with Crippen molar-refractivity contribution in [2.75, 3.05) is 18.0 Å². The van der Waals surface area contributed by atoms with Gasteiger partial charge >= 0.3 is 0 Å². The van der Waals surface area contributed by atoms with Gasteiger partial charge in [0, 0.05) is 24.3 Å². The highest BCUT2D eigenvalue weighted by atomic mass is 19.1. The number of amidine groups is 1. The average Bonchev–Trinajstić information content (AvgIpc) is 2.28. The lowest BCUT2D eigenvalue weighted by molar-refractivity contribution is 0.154. The number of rotatable bonds is 2. The molecule has 1 aromatic carbocycles. The Morgan fingerprint density at radius 2 is 2.29 bits per heavy atom. The van der Waals surface area contributed by atoms with E-state index < -0.39 is 5.82 Å². The normalized spacial score (nSPS) is 20.4. The second-order valence-corrected chi connectivity index (χ2v) is 4.32. The van der Waals surface area contributed by atoms with Crippen molar-refractivity contribution < 1.29 is 9.50 Å². The second kappa shape index (κ2) is 4.71. The van der Waals surface area contributed by atoms with Crippen LogP contribution in [-0.4, -0.2) is 30.1 Å².